The van der Waals surface area contributed by atoms with Crippen molar-refractivity contribution in [1.82, 2.24) is 15.5 Å². The molecule has 0 spiro atoms. The van der Waals surface area contributed by atoms with Crippen LogP contribution in [0.4, 0.5) is 14.9 Å². The third kappa shape index (κ3) is 5.34. The molecule has 0 aromatic heterocycles. The second kappa shape index (κ2) is 10.4. The molecule has 2 aliphatic rings. The van der Waals surface area contributed by atoms with E-state index in [4.69, 9.17) is 16.3 Å². The zero-order valence-corrected chi connectivity index (χ0v) is 20.0. The number of nitrogens with one attached hydrogen (secondary N) is 2. The molecule has 7 nitrogen and oxygen atoms in total. The van der Waals surface area contributed by atoms with E-state index >= 15 is 0 Å². The number of piperazine rings is 1. The van der Waals surface area contributed by atoms with E-state index in [1.807, 2.05) is 18.2 Å². The van der Waals surface area contributed by atoms with Crippen LogP contribution in [0.2, 0.25) is 5.02 Å². The number of aryl methyl sites for hydroxylation is 1. The monoisotopic (exact) mass is 486 g/mol. The number of carbonyl (C=O) groups excluding carboxylic acids is 2. The number of benzene rings is 2. The Morgan fingerprint density at radius 3 is 2.53 bits per heavy atom. The molecule has 0 unspecified atom stereocenters. The molecule has 180 valence electrons. The first-order chi connectivity index (χ1) is 16.4. The Kier molecular flexibility index (Phi) is 7.38. The Balaban J connectivity index is 1.56. The minimum Gasteiger partial charge on any atom is -0.463 e. The number of anilines is 1. The molecule has 0 bridgehead atoms. The Morgan fingerprint density at radius 2 is 1.85 bits per heavy atom. The number of carbonyl (C=O) groups is 2. The number of urea groups is 1. The van der Waals surface area contributed by atoms with Crippen LogP contribution in [0, 0.1) is 12.7 Å². The second-order valence-corrected chi connectivity index (χ2v) is 8.83. The highest BCUT2D eigenvalue weighted by atomic mass is 35.5. The van der Waals surface area contributed by atoms with Gasteiger partial charge >= 0.3 is 12.0 Å². The van der Waals surface area contributed by atoms with Gasteiger partial charge in [0, 0.05) is 49.1 Å². The van der Waals surface area contributed by atoms with Gasteiger partial charge in [0.15, 0.2) is 0 Å². The molecule has 1 saturated heterocycles. The number of hydrogen-bond acceptors (Lipinski definition) is 5. The Hall–Kier alpha value is -3.10. The average molecular weight is 487 g/mol. The third-order valence-electron chi connectivity index (χ3n) is 6.12. The molecule has 2 aliphatic heterocycles. The summed E-state index contributed by atoms with van der Waals surface area (Å²) in [6.45, 7) is 7.46. The molecule has 0 aliphatic carbocycles. The molecule has 2 aromatic carbocycles. The lowest BCUT2D eigenvalue weighted by atomic mass is 9.95. The van der Waals surface area contributed by atoms with Gasteiger partial charge in [-0.05, 0) is 49.2 Å². The maximum absolute atomic E-state index is 13.5. The molecule has 1 atom stereocenters. The standard InChI is InChI=1S/C25H28ClFN4O3/c1-3-34-24(32)22-20(28-25(33)29-23(22)17-5-8-19(27)9-6-17)15-30-10-12-31(13-11-30)21-14-18(26)7-4-16(21)2/h4-9,14,23H,3,10-13,15H2,1-2H3,(H2,28,29,33)/t23-/m0/s1. The first kappa shape index (κ1) is 24.0. The van der Waals surface area contributed by atoms with E-state index in [0.29, 0.717) is 28.4 Å². The minimum absolute atomic E-state index is 0.206. The number of esters is 1. The van der Waals surface area contributed by atoms with Crippen LogP contribution in [-0.2, 0) is 9.53 Å². The van der Waals surface area contributed by atoms with Crippen molar-refractivity contribution in [2.24, 2.45) is 0 Å². The average Bonchev–Trinajstić information content (AvgIpc) is 2.81. The number of halogens is 2. The van der Waals surface area contributed by atoms with Crippen LogP contribution in [-0.4, -0.2) is 56.2 Å². The van der Waals surface area contributed by atoms with E-state index in [1.165, 1.54) is 12.1 Å². The smallest absolute Gasteiger partial charge is 0.338 e. The van der Waals surface area contributed by atoms with Crippen molar-refractivity contribution < 1.29 is 18.7 Å². The molecule has 2 amide bonds. The fourth-order valence-electron chi connectivity index (χ4n) is 4.39. The van der Waals surface area contributed by atoms with Gasteiger partial charge in [0.05, 0.1) is 18.2 Å². The quantitative estimate of drug-likeness (QED) is 0.608. The van der Waals surface area contributed by atoms with Crippen LogP contribution in [0.15, 0.2) is 53.7 Å². The van der Waals surface area contributed by atoms with Crippen LogP contribution < -0.4 is 15.5 Å². The van der Waals surface area contributed by atoms with Gasteiger partial charge in [-0.25, -0.2) is 14.0 Å². The summed E-state index contributed by atoms with van der Waals surface area (Å²) in [6.07, 6.45) is 0. The molecule has 2 heterocycles. The molecule has 1 fully saturated rings. The van der Waals surface area contributed by atoms with Gasteiger partial charge in [-0.2, -0.15) is 0 Å². The second-order valence-electron chi connectivity index (χ2n) is 8.39. The van der Waals surface area contributed by atoms with Gasteiger partial charge in [-0.1, -0.05) is 29.8 Å². The number of hydrogen-bond donors (Lipinski definition) is 2. The summed E-state index contributed by atoms with van der Waals surface area (Å²) in [5.74, 6) is -0.897. The lowest BCUT2D eigenvalue weighted by Gasteiger charge is -2.38. The van der Waals surface area contributed by atoms with Crippen molar-refractivity contribution in [1.29, 1.82) is 0 Å². The van der Waals surface area contributed by atoms with Crippen molar-refractivity contribution in [3.8, 4) is 0 Å². The SMILES string of the molecule is CCOC(=O)C1=C(CN2CCN(c3cc(Cl)ccc3C)CC2)NC(=O)N[C@H]1c1ccc(F)cc1. The maximum atomic E-state index is 13.5. The normalized spacial score (nSPS) is 19.0. The fraction of sp³-hybridized carbons (Fsp3) is 0.360. The summed E-state index contributed by atoms with van der Waals surface area (Å²) in [4.78, 5) is 29.9. The van der Waals surface area contributed by atoms with Crippen LogP contribution >= 0.6 is 11.6 Å². The molecule has 2 aromatic rings. The van der Waals surface area contributed by atoms with Gasteiger partial charge in [-0.15, -0.1) is 0 Å². The lowest BCUT2D eigenvalue weighted by Crippen LogP contribution is -2.52. The van der Waals surface area contributed by atoms with E-state index in [1.54, 1.807) is 19.1 Å². The Labute approximate surface area is 203 Å². The summed E-state index contributed by atoms with van der Waals surface area (Å²) >= 11 is 6.20. The highest BCUT2D eigenvalue weighted by Crippen LogP contribution is 2.29. The number of nitrogens with zero attached hydrogens (tertiary/aromatic N) is 2. The summed E-state index contributed by atoms with van der Waals surface area (Å²) in [6, 6.07) is 10.5. The topological polar surface area (TPSA) is 73.9 Å². The first-order valence-corrected chi connectivity index (χ1v) is 11.7. The summed E-state index contributed by atoms with van der Waals surface area (Å²) in [7, 11) is 0. The van der Waals surface area contributed by atoms with Gasteiger partial charge in [0.2, 0.25) is 0 Å². The highest BCUT2D eigenvalue weighted by Gasteiger charge is 2.34. The number of rotatable bonds is 6. The zero-order chi connectivity index (χ0) is 24.2. The van der Waals surface area contributed by atoms with Gasteiger partial charge < -0.3 is 20.3 Å². The fourth-order valence-corrected chi connectivity index (χ4v) is 4.56. The van der Waals surface area contributed by atoms with Crippen molar-refractivity contribution in [3.63, 3.8) is 0 Å². The highest BCUT2D eigenvalue weighted by molar-refractivity contribution is 6.30. The van der Waals surface area contributed by atoms with Crippen molar-refractivity contribution in [2.75, 3.05) is 44.2 Å². The van der Waals surface area contributed by atoms with Gasteiger partial charge in [0.1, 0.15) is 5.82 Å². The zero-order valence-electron chi connectivity index (χ0n) is 19.2. The number of amides is 2. The van der Waals surface area contributed by atoms with E-state index in [2.05, 4.69) is 27.4 Å². The largest absolute Gasteiger partial charge is 0.463 e. The lowest BCUT2D eigenvalue weighted by molar-refractivity contribution is -0.139. The summed E-state index contributed by atoms with van der Waals surface area (Å²) < 4.78 is 18.8. The Bertz CT molecular complexity index is 1100. The van der Waals surface area contributed by atoms with E-state index in [9.17, 15) is 14.0 Å². The van der Waals surface area contributed by atoms with Crippen LogP contribution in [0.1, 0.15) is 24.1 Å². The number of ether oxygens (including phenoxy) is 1. The molecule has 4 rings (SSSR count). The first-order valence-electron chi connectivity index (χ1n) is 11.3. The molecule has 0 radical (unpaired) electrons. The predicted octanol–water partition coefficient (Wildman–Crippen LogP) is 3.78. The Morgan fingerprint density at radius 1 is 1.15 bits per heavy atom. The van der Waals surface area contributed by atoms with Crippen LogP contribution in [0.5, 0.6) is 0 Å². The molecule has 2 N–H and O–H groups in total. The van der Waals surface area contributed by atoms with Crippen LogP contribution in [0.25, 0.3) is 0 Å². The molecule has 34 heavy (non-hydrogen) atoms. The summed E-state index contributed by atoms with van der Waals surface area (Å²) in [5, 5.41) is 6.29. The molecular weight excluding hydrogens is 459 g/mol. The van der Waals surface area contributed by atoms with Crippen molar-refractivity contribution in [2.45, 2.75) is 19.9 Å². The molecule has 0 saturated carbocycles. The molecule has 9 heteroatoms. The summed E-state index contributed by atoms with van der Waals surface area (Å²) in [5.41, 5.74) is 3.73. The van der Waals surface area contributed by atoms with Gasteiger partial charge in [0.25, 0.3) is 0 Å². The maximum Gasteiger partial charge on any atom is 0.338 e. The third-order valence-corrected chi connectivity index (χ3v) is 6.35. The minimum atomic E-state index is -0.723. The van der Waals surface area contributed by atoms with Crippen LogP contribution in [0.3, 0.4) is 0 Å². The van der Waals surface area contributed by atoms with E-state index in [-0.39, 0.29) is 6.61 Å². The van der Waals surface area contributed by atoms with Crippen molar-refractivity contribution >= 4 is 29.3 Å². The van der Waals surface area contributed by atoms with Crippen molar-refractivity contribution in [3.05, 3.63) is 75.7 Å². The van der Waals surface area contributed by atoms with E-state index in [0.717, 1.165) is 37.4 Å². The van der Waals surface area contributed by atoms with Gasteiger partial charge in [-0.3, -0.25) is 4.90 Å². The van der Waals surface area contributed by atoms with E-state index < -0.39 is 23.9 Å². The molecular formula is C25H28ClFN4O3. The predicted molar refractivity (Wildman–Crippen MR) is 129 cm³/mol.